The van der Waals surface area contributed by atoms with Crippen molar-refractivity contribution in [1.29, 1.82) is 0 Å². The lowest BCUT2D eigenvalue weighted by atomic mass is 9.82. The number of hydrogen-bond donors (Lipinski definition) is 2. The fraction of sp³-hybridized carbons (Fsp3) is 0.846. The van der Waals surface area contributed by atoms with Crippen LogP contribution in [0, 0.1) is 11.3 Å². The standard InChI is InChI=1S/C13H24N2O2S/c1-3-4-10(11(14)18)12(16)15-9-13(2)5-7-17-8-6-13/h10H,3-9H2,1-2H3,(H2,14,18)(H,15,16). The Labute approximate surface area is 115 Å². The molecular weight excluding hydrogens is 248 g/mol. The highest BCUT2D eigenvalue weighted by Crippen LogP contribution is 2.28. The van der Waals surface area contributed by atoms with Crippen molar-refractivity contribution >= 4 is 23.1 Å². The molecule has 4 nitrogen and oxygen atoms in total. The van der Waals surface area contributed by atoms with Gasteiger partial charge in [0.2, 0.25) is 5.91 Å². The SMILES string of the molecule is CCCC(C(=O)NCC1(C)CCOCC1)C(N)=S. The number of ether oxygens (including phenoxy) is 1. The molecule has 1 unspecified atom stereocenters. The number of carbonyl (C=O) groups excluding carboxylic acids is 1. The highest BCUT2D eigenvalue weighted by molar-refractivity contribution is 7.80. The van der Waals surface area contributed by atoms with Gasteiger partial charge in [0.15, 0.2) is 0 Å². The van der Waals surface area contributed by atoms with Gasteiger partial charge >= 0.3 is 0 Å². The summed E-state index contributed by atoms with van der Waals surface area (Å²) in [5.41, 5.74) is 5.76. The van der Waals surface area contributed by atoms with Gasteiger partial charge in [0.05, 0.1) is 10.9 Å². The number of carbonyl (C=O) groups is 1. The predicted octanol–water partition coefficient (Wildman–Crippen LogP) is 1.62. The van der Waals surface area contributed by atoms with Crippen LogP contribution < -0.4 is 11.1 Å². The minimum absolute atomic E-state index is 0.0305. The Bertz CT molecular complexity index is 301. The summed E-state index contributed by atoms with van der Waals surface area (Å²) in [5.74, 6) is -0.356. The Kier molecular flexibility index (Phi) is 6.02. The van der Waals surface area contributed by atoms with Crippen LogP contribution in [0.5, 0.6) is 0 Å². The second kappa shape index (κ2) is 7.04. The van der Waals surface area contributed by atoms with Crippen molar-refractivity contribution in [3.05, 3.63) is 0 Å². The molecule has 104 valence electrons. The van der Waals surface area contributed by atoms with Crippen LogP contribution in [0.3, 0.4) is 0 Å². The Morgan fingerprint density at radius 2 is 2.11 bits per heavy atom. The lowest BCUT2D eigenvalue weighted by Gasteiger charge is -2.34. The van der Waals surface area contributed by atoms with Gasteiger partial charge in [-0.3, -0.25) is 4.79 Å². The van der Waals surface area contributed by atoms with E-state index >= 15 is 0 Å². The monoisotopic (exact) mass is 272 g/mol. The smallest absolute Gasteiger partial charge is 0.229 e. The van der Waals surface area contributed by atoms with E-state index in [1.54, 1.807) is 0 Å². The largest absolute Gasteiger partial charge is 0.393 e. The van der Waals surface area contributed by atoms with Gasteiger partial charge in [-0.05, 0) is 24.7 Å². The Morgan fingerprint density at radius 1 is 1.50 bits per heavy atom. The van der Waals surface area contributed by atoms with Gasteiger partial charge in [0.1, 0.15) is 0 Å². The van der Waals surface area contributed by atoms with Crippen molar-refractivity contribution < 1.29 is 9.53 Å². The molecule has 0 aromatic rings. The number of hydrogen-bond acceptors (Lipinski definition) is 3. The summed E-state index contributed by atoms with van der Waals surface area (Å²) in [6.07, 6.45) is 3.60. The number of thiocarbonyl (C=S) groups is 1. The second-order valence-corrected chi connectivity index (χ2v) is 5.86. The van der Waals surface area contributed by atoms with Gasteiger partial charge in [-0.15, -0.1) is 0 Å². The summed E-state index contributed by atoms with van der Waals surface area (Å²) in [7, 11) is 0. The molecule has 1 atom stereocenters. The minimum atomic E-state index is -0.326. The second-order valence-electron chi connectivity index (χ2n) is 5.38. The van der Waals surface area contributed by atoms with Crippen LogP contribution in [0.25, 0.3) is 0 Å². The minimum Gasteiger partial charge on any atom is -0.393 e. The number of nitrogens with two attached hydrogens (primary N) is 1. The zero-order valence-electron chi connectivity index (χ0n) is 11.3. The number of rotatable bonds is 6. The first-order chi connectivity index (χ1) is 8.48. The van der Waals surface area contributed by atoms with Gasteiger partial charge < -0.3 is 15.8 Å². The summed E-state index contributed by atoms with van der Waals surface area (Å²) in [6.45, 7) is 6.45. The highest BCUT2D eigenvalue weighted by atomic mass is 32.1. The van der Waals surface area contributed by atoms with Crippen LogP contribution in [0.1, 0.15) is 39.5 Å². The van der Waals surface area contributed by atoms with Crippen molar-refractivity contribution in [3.63, 3.8) is 0 Å². The first kappa shape index (κ1) is 15.4. The maximum Gasteiger partial charge on any atom is 0.229 e. The van der Waals surface area contributed by atoms with E-state index in [1.165, 1.54) is 0 Å². The van der Waals surface area contributed by atoms with Crippen LogP contribution in [-0.2, 0) is 9.53 Å². The summed E-state index contributed by atoms with van der Waals surface area (Å²) in [5, 5.41) is 3.00. The molecule has 1 heterocycles. The molecule has 0 radical (unpaired) electrons. The summed E-state index contributed by atoms with van der Waals surface area (Å²) < 4.78 is 5.34. The maximum absolute atomic E-state index is 12.0. The van der Waals surface area contributed by atoms with Gasteiger partial charge in [0, 0.05) is 19.8 Å². The molecule has 1 amide bonds. The molecule has 1 rings (SSSR count). The molecule has 0 spiro atoms. The van der Waals surface area contributed by atoms with Gasteiger partial charge in [-0.1, -0.05) is 32.5 Å². The molecule has 18 heavy (non-hydrogen) atoms. The third-order valence-electron chi connectivity index (χ3n) is 3.63. The fourth-order valence-electron chi connectivity index (χ4n) is 2.16. The molecular formula is C13H24N2O2S. The third-order valence-corrected chi connectivity index (χ3v) is 3.91. The van der Waals surface area contributed by atoms with E-state index in [2.05, 4.69) is 12.2 Å². The molecule has 1 fully saturated rings. The van der Waals surface area contributed by atoms with E-state index < -0.39 is 0 Å². The van der Waals surface area contributed by atoms with E-state index in [0.717, 1.165) is 38.9 Å². The third kappa shape index (κ3) is 4.53. The van der Waals surface area contributed by atoms with E-state index in [-0.39, 0.29) is 17.2 Å². The molecule has 0 aromatic carbocycles. The van der Waals surface area contributed by atoms with Gasteiger partial charge in [-0.25, -0.2) is 0 Å². The van der Waals surface area contributed by atoms with Crippen molar-refractivity contribution in [2.75, 3.05) is 19.8 Å². The van der Waals surface area contributed by atoms with Crippen molar-refractivity contribution in [1.82, 2.24) is 5.32 Å². The molecule has 1 aliphatic heterocycles. The van der Waals surface area contributed by atoms with Crippen LogP contribution in [0.2, 0.25) is 0 Å². The van der Waals surface area contributed by atoms with Crippen LogP contribution in [-0.4, -0.2) is 30.7 Å². The topological polar surface area (TPSA) is 64.3 Å². The van der Waals surface area contributed by atoms with Gasteiger partial charge in [-0.2, -0.15) is 0 Å². The van der Waals surface area contributed by atoms with E-state index in [4.69, 9.17) is 22.7 Å². The molecule has 1 aliphatic rings. The molecule has 0 aromatic heterocycles. The predicted molar refractivity (Wildman–Crippen MR) is 76.4 cm³/mol. The lowest BCUT2D eigenvalue weighted by Crippen LogP contribution is -2.44. The maximum atomic E-state index is 12.0. The molecule has 5 heteroatoms. The summed E-state index contributed by atoms with van der Waals surface area (Å²) in [6, 6.07) is 0. The normalized spacial score (nSPS) is 20.1. The van der Waals surface area contributed by atoms with Crippen LogP contribution >= 0.6 is 12.2 Å². The van der Waals surface area contributed by atoms with E-state index in [0.29, 0.717) is 11.5 Å². The molecule has 0 aliphatic carbocycles. The average Bonchev–Trinajstić information content (AvgIpc) is 2.34. The quantitative estimate of drug-likeness (QED) is 0.721. The summed E-state index contributed by atoms with van der Waals surface area (Å²) in [4.78, 5) is 12.3. The van der Waals surface area contributed by atoms with Crippen molar-refractivity contribution in [2.45, 2.75) is 39.5 Å². The Hall–Kier alpha value is -0.680. The van der Waals surface area contributed by atoms with E-state index in [9.17, 15) is 4.79 Å². The average molecular weight is 272 g/mol. The molecule has 0 bridgehead atoms. The van der Waals surface area contributed by atoms with Crippen molar-refractivity contribution in [2.24, 2.45) is 17.1 Å². The van der Waals surface area contributed by atoms with Crippen LogP contribution in [0.15, 0.2) is 0 Å². The van der Waals surface area contributed by atoms with Crippen molar-refractivity contribution in [3.8, 4) is 0 Å². The Balaban J connectivity index is 2.45. The number of amides is 1. The molecule has 0 saturated carbocycles. The van der Waals surface area contributed by atoms with Gasteiger partial charge in [0.25, 0.3) is 0 Å². The molecule has 3 N–H and O–H groups in total. The first-order valence-corrected chi connectivity index (χ1v) is 7.04. The zero-order valence-corrected chi connectivity index (χ0v) is 12.1. The van der Waals surface area contributed by atoms with Crippen LogP contribution in [0.4, 0.5) is 0 Å². The molecule has 1 saturated heterocycles. The van der Waals surface area contributed by atoms with E-state index in [1.807, 2.05) is 6.92 Å². The fourth-order valence-corrected chi connectivity index (χ4v) is 2.38. The zero-order chi connectivity index (χ0) is 13.6. The Morgan fingerprint density at radius 3 is 2.61 bits per heavy atom. The summed E-state index contributed by atoms with van der Waals surface area (Å²) >= 11 is 4.95. The first-order valence-electron chi connectivity index (χ1n) is 6.63. The highest BCUT2D eigenvalue weighted by Gasteiger charge is 2.29. The lowest BCUT2D eigenvalue weighted by molar-refractivity contribution is -0.124. The number of nitrogens with one attached hydrogen (secondary N) is 1.